The van der Waals surface area contributed by atoms with Gasteiger partial charge in [0.15, 0.2) is 12.2 Å². The summed E-state index contributed by atoms with van der Waals surface area (Å²) in [5, 5.41) is 0. The molecule has 0 spiro atoms. The monoisotopic (exact) mass is 254 g/mol. The number of hydrogen-bond acceptors (Lipinski definition) is 6. The molecule has 98 valence electrons. The van der Waals surface area contributed by atoms with Crippen molar-refractivity contribution in [2.45, 2.75) is 12.2 Å². The van der Waals surface area contributed by atoms with E-state index in [4.69, 9.17) is 9.47 Å². The number of hydrogen-bond donors (Lipinski definition) is 0. The van der Waals surface area contributed by atoms with Crippen molar-refractivity contribution in [1.29, 1.82) is 0 Å². The minimum atomic E-state index is -0.798. The second kappa shape index (κ2) is 5.12. The summed E-state index contributed by atoms with van der Waals surface area (Å²) in [5.41, 5.74) is 0. The summed E-state index contributed by atoms with van der Waals surface area (Å²) in [4.78, 5) is 22.4. The minimum absolute atomic E-state index is 0.122. The van der Waals surface area contributed by atoms with Crippen molar-refractivity contribution in [3.63, 3.8) is 0 Å². The van der Waals surface area contributed by atoms with Crippen LogP contribution in [-0.2, 0) is 18.9 Å². The number of fused-ring (bicyclic) bond motifs is 1. The third-order valence-electron chi connectivity index (χ3n) is 2.99. The predicted octanol–water partition coefficient (Wildman–Crippen LogP) is 1.66. The molecule has 18 heavy (non-hydrogen) atoms. The summed E-state index contributed by atoms with van der Waals surface area (Å²) >= 11 is 0. The Hall–Kier alpha value is -1.98. The molecule has 0 N–H and O–H groups in total. The summed E-state index contributed by atoms with van der Waals surface area (Å²) in [6.07, 6.45) is 4.88. The van der Waals surface area contributed by atoms with Gasteiger partial charge >= 0.3 is 12.3 Å². The summed E-state index contributed by atoms with van der Waals surface area (Å²) in [5.74, 6) is -0.243. The van der Waals surface area contributed by atoms with Crippen LogP contribution in [0, 0.1) is 11.8 Å². The van der Waals surface area contributed by atoms with E-state index < -0.39 is 24.5 Å². The summed E-state index contributed by atoms with van der Waals surface area (Å²) in [7, 11) is 2.45. The van der Waals surface area contributed by atoms with Gasteiger partial charge in [0, 0.05) is 11.8 Å². The van der Waals surface area contributed by atoms with Gasteiger partial charge in [0.05, 0.1) is 14.2 Å². The highest BCUT2D eigenvalue weighted by molar-refractivity contribution is 5.61. The van der Waals surface area contributed by atoms with Gasteiger partial charge in [-0.25, -0.2) is 9.59 Å². The molecule has 0 saturated heterocycles. The van der Waals surface area contributed by atoms with Gasteiger partial charge in [-0.3, -0.25) is 0 Å². The third kappa shape index (κ3) is 2.32. The van der Waals surface area contributed by atoms with Crippen molar-refractivity contribution in [1.82, 2.24) is 0 Å². The third-order valence-corrected chi connectivity index (χ3v) is 2.99. The lowest BCUT2D eigenvalue weighted by Crippen LogP contribution is -2.47. The SMILES string of the molecule is COC(=O)O[C@@H]1C2C=CC(C=C2)[C@@H]1OC(=O)OC. The number of carbonyl (C=O) groups excluding carboxylic acids is 2. The molecule has 0 aromatic rings. The average molecular weight is 254 g/mol. The molecule has 0 heterocycles. The lowest BCUT2D eigenvalue weighted by molar-refractivity contribution is -0.0736. The molecule has 0 aromatic heterocycles. The van der Waals surface area contributed by atoms with Crippen molar-refractivity contribution in [2.75, 3.05) is 14.2 Å². The Bertz CT molecular complexity index is 349. The first-order chi connectivity index (χ1) is 8.65. The van der Waals surface area contributed by atoms with Gasteiger partial charge in [-0.2, -0.15) is 0 Å². The Morgan fingerprint density at radius 3 is 1.39 bits per heavy atom. The van der Waals surface area contributed by atoms with Crippen LogP contribution in [0.25, 0.3) is 0 Å². The zero-order chi connectivity index (χ0) is 13.1. The molecule has 0 aliphatic heterocycles. The molecule has 0 radical (unpaired) electrons. The van der Waals surface area contributed by atoms with E-state index in [2.05, 4.69) is 9.47 Å². The van der Waals surface area contributed by atoms with Crippen LogP contribution < -0.4 is 0 Å². The fourth-order valence-corrected chi connectivity index (χ4v) is 2.13. The molecule has 2 bridgehead atoms. The normalized spacial score (nSPS) is 31.9. The molecular weight excluding hydrogens is 240 g/mol. The molecule has 3 aliphatic carbocycles. The van der Waals surface area contributed by atoms with Crippen LogP contribution >= 0.6 is 0 Å². The molecule has 3 aliphatic rings. The molecule has 0 amide bonds. The minimum Gasteiger partial charge on any atom is -0.438 e. The van der Waals surface area contributed by atoms with Crippen LogP contribution in [0.3, 0.4) is 0 Å². The summed E-state index contributed by atoms with van der Waals surface area (Å²) in [6, 6.07) is 0. The maximum atomic E-state index is 11.2. The van der Waals surface area contributed by atoms with Gasteiger partial charge in [-0.05, 0) is 0 Å². The zero-order valence-electron chi connectivity index (χ0n) is 10.1. The van der Waals surface area contributed by atoms with Crippen molar-refractivity contribution in [3.8, 4) is 0 Å². The first-order valence-electron chi connectivity index (χ1n) is 5.51. The molecule has 6 heteroatoms. The van der Waals surface area contributed by atoms with E-state index in [1.807, 2.05) is 24.3 Å². The highest BCUT2D eigenvalue weighted by atomic mass is 16.8. The van der Waals surface area contributed by atoms with Crippen molar-refractivity contribution in [3.05, 3.63) is 24.3 Å². The first kappa shape index (κ1) is 12.5. The van der Waals surface area contributed by atoms with Crippen LogP contribution in [0.1, 0.15) is 0 Å². The van der Waals surface area contributed by atoms with Crippen LogP contribution in [0.15, 0.2) is 24.3 Å². The lowest BCUT2D eigenvalue weighted by atomic mass is 9.77. The van der Waals surface area contributed by atoms with Crippen LogP contribution in [-0.4, -0.2) is 38.7 Å². The van der Waals surface area contributed by atoms with E-state index >= 15 is 0 Å². The van der Waals surface area contributed by atoms with Gasteiger partial charge in [-0.1, -0.05) is 24.3 Å². The average Bonchev–Trinajstić information content (AvgIpc) is 2.42. The molecule has 0 saturated carbocycles. The van der Waals surface area contributed by atoms with Crippen LogP contribution in [0.5, 0.6) is 0 Å². The lowest BCUT2D eigenvalue weighted by Gasteiger charge is -2.38. The first-order valence-corrected chi connectivity index (χ1v) is 5.51. The molecule has 0 unspecified atom stereocenters. The smallest absolute Gasteiger partial charge is 0.438 e. The molecule has 3 rings (SSSR count). The number of rotatable bonds is 2. The Kier molecular flexibility index (Phi) is 3.55. The number of methoxy groups -OCH3 is 2. The van der Waals surface area contributed by atoms with E-state index in [9.17, 15) is 9.59 Å². The fourth-order valence-electron chi connectivity index (χ4n) is 2.13. The Balaban J connectivity index is 2.13. The summed E-state index contributed by atoms with van der Waals surface area (Å²) in [6.45, 7) is 0. The van der Waals surface area contributed by atoms with Gasteiger partial charge < -0.3 is 18.9 Å². The number of carbonyl (C=O) groups is 2. The predicted molar refractivity (Wildman–Crippen MR) is 59.8 cm³/mol. The van der Waals surface area contributed by atoms with E-state index in [1.165, 1.54) is 14.2 Å². The van der Waals surface area contributed by atoms with E-state index in [-0.39, 0.29) is 11.8 Å². The van der Waals surface area contributed by atoms with Gasteiger partial charge in [0.2, 0.25) is 0 Å². The largest absolute Gasteiger partial charge is 0.508 e. The maximum absolute atomic E-state index is 11.2. The topological polar surface area (TPSA) is 71.1 Å². The molecule has 6 nitrogen and oxygen atoms in total. The standard InChI is InChI=1S/C12H14O6/c1-15-11(13)17-9-7-3-5-8(6-4-7)10(9)18-12(14)16-2/h3-10H,1-2H3/t7?,8?,9-,10+. The molecule has 0 fully saturated rings. The highest BCUT2D eigenvalue weighted by Crippen LogP contribution is 2.35. The highest BCUT2D eigenvalue weighted by Gasteiger charge is 2.43. The van der Waals surface area contributed by atoms with Crippen molar-refractivity contribution < 1.29 is 28.5 Å². The second-order valence-electron chi connectivity index (χ2n) is 4.00. The Morgan fingerprint density at radius 2 is 1.11 bits per heavy atom. The summed E-state index contributed by atoms with van der Waals surface area (Å²) < 4.78 is 19.2. The van der Waals surface area contributed by atoms with Crippen LogP contribution in [0.4, 0.5) is 9.59 Å². The van der Waals surface area contributed by atoms with Gasteiger partial charge in [0.1, 0.15) is 0 Å². The van der Waals surface area contributed by atoms with E-state index in [0.717, 1.165) is 0 Å². The molecule has 0 aromatic carbocycles. The van der Waals surface area contributed by atoms with Gasteiger partial charge in [-0.15, -0.1) is 0 Å². The van der Waals surface area contributed by atoms with Crippen LogP contribution in [0.2, 0.25) is 0 Å². The molecule has 2 atom stereocenters. The quantitative estimate of drug-likeness (QED) is 0.551. The Labute approximate surface area is 104 Å². The Morgan fingerprint density at radius 1 is 0.778 bits per heavy atom. The van der Waals surface area contributed by atoms with Crippen molar-refractivity contribution >= 4 is 12.3 Å². The van der Waals surface area contributed by atoms with Gasteiger partial charge in [0.25, 0.3) is 0 Å². The van der Waals surface area contributed by atoms with E-state index in [1.54, 1.807) is 0 Å². The van der Waals surface area contributed by atoms with Crippen molar-refractivity contribution in [2.24, 2.45) is 11.8 Å². The zero-order valence-corrected chi connectivity index (χ0v) is 10.1. The second-order valence-corrected chi connectivity index (χ2v) is 4.00. The fraction of sp³-hybridized carbons (Fsp3) is 0.500. The number of ether oxygens (including phenoxy) is 4. The molecular formula is C12H14O6. The maximum Gasteiger partial charge on any atom is 0.508 e. The van der Waals surface area contributed by atoms with E-state index in [0.29, 0.717) is 0 Å².